The minimum atomic E-state index is -1.85. The smallest absolute Gasteiger partial charge is 0.198 e. The van der Waals surface area contributed by atoms with Gasteiger partial charge in [-0.05, 0) is 35.3 Å². The van der Waals surface area contributed by atoms with Crippen LogP contribution in [0.25, 0.3) is 0 Å². The predicted molar refractivity (Wildman–Crippen MR) is 175 cm³/mol. The van der Waals surface area contributed by atoms with Crippen LogP contribution in [0.15, 0.2) is 133 Å². The van der Waals surface area contributed by atoms with Crippen LogP contribution in [-0.2, 0) is 54.9 Å². The Bertz CT molecular complexity index is 1480. The first kappa shape index (κ1) is 33.4. The van der Waals surface area contributed by atoms with Crippen molar-refractivity contribution in [3.63, 3.8) is 0 Å². The highest BCUT2D eigenvalue weighted by Gasteiger charge is 2.55. The molecule has 240 valence electrons. The van der Waals surface area contributed by atoms with Crippen LogP contribution >= 0.6 is 0 Å². The Morgan fingerprint density at radius 1 is 0.674 bits per heavy atom. The molecule has 0 aliphatic carbocycles. The van der Waals surface area contributed by atoms with Gasteiger partial charge < -0.3 is 28.8 Å². The van der Waals surface area contributed by atoms with E-state index in [0.717, 1.165) is 22.3 Å². The van der Waals surface area contributed by atoms with Crippen LogP contribution in [0.4, 0.5) is 0 Å². The van der Waals surface area contributed by atoms with Gasteiger partial charge in [-0.15, -0.1) is 0 Å². The van der Waals surface area contributed by atoms with Gasteiger partial charge >= 0.3 is 0 Å². The lowest BCUT2D eigenvalue weighted by Crippen LogP contribution is -2.67. The molecule has 0 spiro atoms. The summed E-state index contributed by atoms with van der Waals surface area (Å²) in [4.78, 5) is 11.8. The first-order chi connectivity index (χ1) is 22.5. The number of ether oxygens (including phenoxy) is 5. The molecule has 1 fully saturated rings. The number of ketones is 1. The molecular formula is C39H42O7. The molecule has 0 saturated carbocycles. The molecular weight excluding hydrogens is 580 g/mol. The van der Waals surface area contributed by atoms with E-state index in [2.05, 4.69) is 0 Å². The monoisotopic (exact) mass is 622 g/mol. The van der Waals surface area contributed by atoms with Crippen LogP contribution in [-0.4, -0.2) is 47.7 Å². The van der Waals surface area contributed by atoms with Crippen LogP contribution in [0.2, 0.25) is 0 Å². The molecule has 5 rings (SSSR count). The van der Waals surface area contributed by atoms with Crippen molar-refractivity contribution in [2.24, 2.45) is 0 Å². The van der Waals surface area contributed by atoms with E-state index in [1.807, 2.05) is 121 Å². The summed E-state index contributed by atoms with van der Waals surface area (Å²) in [5.41, 5.74) is 3.90. The molecule has 46 heavy (non-hydrogen) atoms. The van der Waals surface area contributed by atoms with Gasteiger partial charge in [0, 0.05) is 6.42 Å². The standard InChI is InChI=1S/C39H42O7/c1-30(40)15-14-24-39(41)38(45-28-34-22-12-5-13-23-34)37(44-27-33-20-10-4-11-21-33)36(43-26-32-18-8-3-9-19-32)35(46-39)29-42-25-31-16-6-2-7-17-31/h2-23,35-38,41H,24-29H2,1H3/b15-14+/t35-,36-,37+,38-,39+/m1/s1. The average Bonchev–Trinajstić information content (AvgIpc) is 3.08. The number of hydrogen-bond donors (Lipinski definition) is 1. The molecule has 7 heteroatoms. The summed E-state index contributed by atoms with van der Waals surface area (Å²) in [6.45, 7) is 2.72. The van der Waals surface area contributed by atoms with Crippen LogP contribution in [0.3, 0.4) is 0 Å². The van der Waals surface area contributed by atoms with E-state index in [4.69, 9.17) is 23.7 Å². The summed E-state index contributed by atoms with van der Waals surface area (Å²) < 4.78 is 32.5. The highest BCUT2D eigenvalue weighted by atomic mass is 16.7. The molecule has 4 aromatic carbocycles. The number of benzene rings is 4. The highest BCUT2D eigenvalue weighted by molar-refractivity contribution is 5.87. The molecule has 1 aliphatic rings. The van der Waals surface area contributed by atoms with Crippen LogP contribution in [0.1, 0.15) is 35.6 Å². The minimum absolute atomic E-state index is 0.00216. The summed E-state index contributed by atoms with van der Waals surface area (Å²) in [5, 5.41) is 12.3. The molecule has 7 nitrogen and oxygen atoms in total. The summed E-state index contributed by atoms with van der Waals surface area (Å²) in [5.74, 6) is -1.99. The molecule has 1 N–H and O–H groups in total. The van der Waals surface area contributed by atoms with Gasteiger partial charge in [-0.3, -0.25) is 4.79 Å². The third kappa shape index (κ3) is 9.77. The lowest BCUT2D eigenvalue weighted by atomic mass is 9.89. The Morgan fingerprint density at radius 2 is 1.11 bits per heavy atom. The van der Waals surface area contributed by atoms with Crippen molar-refractivity contribution in [2.75, 3.05) is 6.61 Å². The number of hydrogen-bond acceptors (Lipinski definition) is 7. The second-order valence-electron chi connectivity index (χ2n) is 11.5. The van der Waals surface area contributed by atoms with Crippen LogP contribution in [0, 0.1) is 0 Å². The zero-order valence-electron chi connectivity index (χ0n) is 26.2. The molecule has 1 heterocycles. The molecule has 1 aliphatic heterocycles. The highest BCUT2D eigenvalue weighted by Crippen LogP contribution is 2.38. The summed E-state index contributed by atoms with van der Waals surface area (Å²) in [7, 11) is 0. The molecule has 0 aromatic heterocycles. The van der Waals surface area contributed by atoms with Crippen molar-refractivity contribution in [1.82, 2.24) is 0 Å². The SMILES string of the molecule is CC(=O)/C=C/C[C@]1(O)O[C@H](COCc2ccccc2)[C@@H](OCc2ccccc2)[C@H](OCc2ccccc2)[C@H]1OCc1ccccc1. The van der Waals surface area contributed by atoms with Crippen LogP contribution in [0.5, 0.6) is 0 Å². The van der Waals surface area contributed by atoms with E-state index in [1.54, 1.807) is 6.08 Å². The average molecular weight is 623 g/mol. The topological polar surface area (TPSA) is 83.5 Å². The normalized spacial score (nSPS) is 23.0. The van der Waals surface area contributed by atoms with Gasteiger partial charge in [0.1, 0.15) is 24.4 Å². The van der Waals surface area contributed by atoms with Crippen molar-refractivity contribution in [3.05, 3.63) is 156 Å². The molecule has 5 atom stereocenters. The summed E-state index contributed by atoms with van der Waals surface area (Å²) in [6.07, 6.45) is -0.0890. The molecule has 1 saturated heterocycles. The fourth-order valence-electron chi connectivity index (χ4n) is 5.49. The molecule has 0 bridgehead atoms. The quantitative estimate of drug-likeness (QED) is 0.141. The minimum Gasteiger partial charge on any atom is -0.374 e. The Labute approximate surface area is 271 Å². The maximum Gasteiger partial charge on any atom is 0.198 e. The van der Waals surface area contributed by atoms with Gasteiger partial charge in [-0.2, -0.15) is 0 Å². The van der Waals surface area contributed by atoms with Gasteiger partial charge in [-0.1, -0.05) is 127 Å². The van der Waals surface area contributed by atoms with Gasteiger partial charge in [0.05, 0.1) is 33.0 Å². The van der Waals surface area contributed by atoms with E-state index in [1.165, 1.54) is 13.0 Å². The van der Waals surface area contributed by atoms with E-state index in [9.17, 15) is 9.90 Å². The van der Waals surface area contributed by atoms with Gasteiger partial charge in [0.2, 0.25) is 0 Å². The van der Waals surface area contributed by atoms with E-state index in [-0.39, 0.29) is 32.0 Å². The third-order valence-electron chi connectivity index (χ3n) is 7.79. The van der Waals surface area contributed by atoms with E-state index < -0.39 is 30.2 Å². The Morgan fingerprint density at radius 3 is 1.59 bits per heavy atom. The van der Waals surface area contributed by atoms with Crippen molar-refractivity contribution < 1.29 is 33.6 Å². The second kappa shape index (κ2) is 17.1. The zero-order chi connectivity index (χ0) is 32.0. The van der Waals surface area contributed by atoms with Crippen molar-refractivity contribution in [2.45, 2.75) is 70.0 Å². The molecule has 0 amide bonds. The Hall–Kier alpha value is -3.95. The molecule has 0 radical (unpaired) electrons. The number of aliphatic hydroxyl groups is 1. The van der Waals surface area contributed by atoms with Crippen molar-refractivity contribution in [3.8, 4) is 0 Å². The number of carbonyl (C=O) groups is 1. The fourth-order valence-corrected chi connectivity index (χ4v) is 5.49. The largest absolute Gasteiger partial charge is 0.374 e. The van der Waals surface area contributed by atoms with Gasteiger partial charge in [-0.25, -0.2) is 0 Å². The van der Waals surface area contributed by atoms with Crippen molar-refractivity contribution >= 4 is 5.78 Å². The number of carbonyl (C=O) groups excluding carboxylic acids is 1. The summed E-state index contributed by atoms with van der Waals surface area (Å²) in [6, 6.07) is 39.3. The Balaban J connectivity index is 1.48. The lowest BCUT2D eigenvalue weighted by molar-refractivity contribution is -0.369. The lowest BCUT2D eigenvalue weighted by Gasteiger charge is -2.50. The number of allylic oxidation sites excluding steroid dienone is 1. The maximum absolute atomic E-state index is 12.3. The number of rotatable bonds is 16. The molecule has 0 unspecified atom stereocenters. The Kier molecular flexibility index (Phi) is 12.4. The first-order valence-corrected chi connectivity index (χ1v) is 15.7. The zero-order valence-corrected chi connectivity index (χ0v) is 26.2. The summed E-state index contributed by atoms with van der Waals surface area (Å²) >= 11 is 0. The fraction of sp³-hybridized carbons (Fsp3) is 0.308. The van der Waals surface area contributed by atoms with Gasteiger partial charge in [0.15, 0.2) is 11.6 Å². The maximum atomic E-state index is 12.3. The van der Waals surface area contributed by atoms with Gasteiger partial charge in [0.25, 0.3) is 0 Å². The van der Waals surface area contributed by atoms with Crippen LogP contribution < -0.4 is 0 Å². The predicted octanol–water partition coefficient (Wildman–Crippen LogP) is 6.58. The van der Waals surface area contributed by atoms with Crippen molar-refractivity contribution in [1.29, 1.82) is 0 Å². The van der Waals surface area contributed by atoms with E-state index >= 15 is 0 Å². The first-order valence-electron chi connectivity index (χ1n) is 15.7. The third-order valence-corrected chi connectivity index (χ3v) is 7.79. The second-order valence-corrected chi connectivity index (χ2v) is 11.5. The molecule has 4 aromatic rings. The van der Waals surface area contributed by atoms with E-state index in [0.29, 0.717) is 13.2 Å².